The van der Waals surface area contributed by atoms with E-state index in [1.807, 2.05) is 0 Å². The predicted molar refractivity (Wildman–Crippen MR) is 46.1 cm³/mol. The van der Waals surface area contributed by atoms with Crippen LogP contribution in [0.15, 0.2) is 0 Å². The van der Waals surface area contributed by atoms with Gasteiger partial charge in [-0.05, 0) is 18.8 Å². The van der Waals surface area contributed by atoms with Crippen LogP contribution in [-0.4, -0.2) is 16.5 Å². The average molecular weight is 160 g/mol. The van der Waals surface area contributed by atoms with E-state index in [0.717, 1.165) is 12.8 Å². The van der Waals surface area contributed by atoms with Gasteiger partial charge < -0.3 is 10.2 Å². The summed E-state index contributed by atoms with van der Waals surface area (Å²) in [5.74, 6) is 0.682. The smallest absolute Gasteiger partial charge is 0.151 e. The summed E-state index contributed by atoms with van der Waals surface area (Å²) in [5.41, 5.74) is 0. The van der Waals surface area contributed by atoms with Gasteiger partial charge in [-0.15, -0.1) is 0 Å². The molecule has 0 saturated heterocycles. The van der Waals surface area contributed by atoms with Crippen molar-refractivity contribution in [3.63, 3.8) is 0 Å². The zero-order chi connectivity index (χ0) is 8.69. The van der Waals surface area contributed by atoms with E-state index >= 15 is 0 Å². The van der Waals surface area contributed by atoms with E-state index in [4.69, 9.17) is 10.2 Å². The summed E-state index contributed by atoms with van der Waals surface area (Å²) in [4.78, 5) is 0. The van der Waals surface area contributed by atoms with Gasteiger partial charge in [-0.1, -0.05) is 33.1 Å². The Morgan fingerprint density at radius 3 is 2.00 bits per heavy atom. The molecule has 1 unspecified atom stereocenters. The van der Waals surface area contributed by atoms with Crippen LogP contribution in [-0.2, 0) is 0 Å². The number of aliphatic hydroxyl groups excluding tert-OH is 1. The number of hydrogen-bond donors (Lipinski definition) is 2. The van der Waals surface area contributed by atoms with Crippen LogP contribution in [0.1, 0.15) is 46.0 Å². The highest BCUT2D eigenvalue weighted by Crippen LogP contribution is 2.17. The van der Waals surface area contributed by atoms with Gasteiger partial charge in [0.25, 0.3) is 0 Å². The highest BCUT2D eigenvalue weighted by Gasteiger charge is 2.06. The third-order valence-corrected chi connectivity index (χ3v) is 2.11. The van der Waals surface area contributed by atoms with Crippen LogP contribution >= 0.6 is 0 Å². The van der Waals surface area contributed by atoms with Crippen LogP contribution in [0.5, 0.6) is 0 Å². The number of hydrogen-bond acceptors (Lipinski definition) is 2. The summed E-state index contributed by atoms with van der Waals surface area (Å²) >= 11 is 0. The fourth-order valence-corrected chi connectivity index (χ4v) is 1.35. The molecule has 2 N–H and O–H groups in total. The number of aliphatic hydroxyl groups is 2. The summed E-state index contributed by atoms with van der Waals surface area (Å²) in [6, 6.07) is 0. The molecule has 0 bridgehead atoms. The first-order chi connectivity index (χ1) is 5.20. The standard InChI is InChI=1S/C9H20O2/c1-3-5-8(4-2)6-7-9(10)11/h8-11H,3-7H2,1-2H3. The summed E-state index contributed by atoms with van der Waals surface area (Å²) in [5, 5.41) is 17.2. The van der Waals surface area contributed by atoms with Crippen molar-refractivity contribution < 1.29 is 10.2 Å². The lowest BCUT2D eigenvalue weighted by Gasteiger charge is -2.13. The molecule has 0 radical (unpaired) electrons. The Bertz CT molecular complexity index is 81.6. The lowest BCUT2D eigenvalue weighted by atomic mass is 9.95. The van der Waals surface area contributed by atoms with Crippen molar-refractivity contribution in [1.29, 1.82) is 0 Å². The lowest BCUT2D eigenvalue weighted by molar-refractivity contribution is -0.0491. The molecule has 0 saturated carbocycles. The summed E-state index contributed by atoms with van der Waals surface area (Å²) < 4.78 is 0. The van der Waals surface area contributed by atoms with E-state index in [2.05, 4.69) is 13.8 Å². The fourth-order valence-electron chi connectivity index (χ4n) is 1.35. The monoisotopic (exact) mass is 160 g/mol. The van der Waals surface area contributed by atoms with Crippen LogP contribution in [0, 0.1) is 5.92 Å². The zero-order valence-electron chi connectivity index (χ0n) is 7.58. The predicted octanol–water partition coefficient (Wildman–Crippen LogP) is 1.90. The molecule has 0 heterocycles. The van der Waals surface area contributed by atoms with Crippen molar-refractivity contribution in [1.82, 2.24) is 0 Å². The molecule has 0 amide bonds. The van der Waals surface area contributed by atoms with Gasteiger partial charge in [0.2, 0.25) is 0 Å². The zero-order valence-corrected chi connectivity index (χ0v) is 7.58. The van der Waals surface area contributed by atoms with Crippen molar-refractivity contribution in [2.45, 2.75) is 52.2 Å². The largest absolute Gasteiger partial charge is 0.368 e. The molecule has 0 aromatic rings. The van der Waals surface area contributed by atoms with Gasteiger partial charge in [0.1, 0.15) is 0 Å². The number of rotatable bonds is 6. The quantitative estimate of drug-likeness (QED) is 0.583. The molecular weight excluding hydrogens is 140 g/mol. The Balaban J connectivity index is 3.35. The second kappa shape index (κ2) is 6.62. The highest BCUT2D eigenvalue weighted by molar-refractivity contribution is 4.56. The summed E-state index contributed by atoms with van der Waals surface area (Å²) in [6.07, 6.45) is 3.92. The minimum atomic E-state index is -1.11. The minimum Gasteiger partial charge on any atom is -0.368 e. The molecule has 2 nitrogen and oxygen atoms in total. The van der Waals surface area contributed by atoms with Crippen molar-refractivity contribution >= 4 is 0 Å². The lowest BCUT2D eigenvalue weighted by Crippen LogP contribution is -2.08. The molecule has 0 aromatic carbocycles. The van der Waals surface area contributed by atoms with Crippen LogP contribution in [0.3, 0.4) is 0 Å². The third kappa shape index (κ3) is 6.32. The average Bonchev–Trinajstić information content (AvgIpc) is 1.97. The van der Waals surface area contributed by atoms with Crippen molar-refractivity contribution in [3.05, 3.63) is 0 Å². The van der Waals surface area contributed by atoms with E-state index in [0.29, 0.717) is 12.3 Å². The molecule has 0 rings (SSSR count). The van der Waals surface area contributed by atoms with E-state index in [1.165, 1.54) is 12.8 Å². The second-order valence-corrected chi connectivity index (χ2v) is 3.12. The van der Waals surface area contributed by atoms with E-state index in [9.17, 15) is 0 Å². The fraction of sp³-hybridized carbons (Fsp3) is 1.00. The first-order valence-electron chi connectivity index (χ1n) is 4.56. The molecule has 68 valence electrons. The van der Waals surface area contributed by atoms with Crippen molar-refractivity contribution in [3.8, 4) is 0 Å². The van der Waals surface area contributed by atoms with Gasteiger partial charge in [0.05, 0.1) is 0 Å². The van der Waals surface area contributed by atoms with Gasteiger partial charge in [-0.3, -0.25) is 0 Å². The van der Waals surface area contributed by atoms with E-state index in [-0.39, 0.29) is 0 Å². The van der Waals surface area contributed by atoms with E-state index in [1.54, 1.807) is 0 Å². The van der Waals surface area contributed by atoms with Gasteiger partial charge in [0, 0.05) is 0 Å². The summed E-state index contributed by atoms with van der Waals surface area (Å²) in [6.45, 7) is 4.32. The molecule has 11 heavy (non-hydrogen) atoms. The molecule has 0 spiro atoms. The third-order valence-electron chi connectivity index (χ3n) is 2.11. The SMILES string of the molecule is CCCC(CC)CCC(O)O. The van der Waals surface area contributed by atoms with Crippen molar-refractivity contribution in [2.75, 3.05) is 0 Å². The maximum atomic E-state index is 8.62. The Labute approximate surface area is 69.2 Å². The second-order valence-electron chi connectivity index (χ2n) is 3.12. The molecule has 0 aromatic heterocycles. The van der Waals surface area contributed by atoms with Gasteiger partial charge in [0.15, 0.2) is 6.29 Å². The molecule has 2 heteroatoms. The molecule has 1 atom stereocenters. The highest BCUT2D eigenvalue weighted by atomic mass is 16.5. The van der Waals surface area contributed by atoms with Crippen LogP contribution in [0.2, 0.25) is 0 Å². The van der Waals surface area contributed by atoms with Crippen molar-refractivity contribution in [2.24, 2.45) is 5.92 Å². The van der Waals surface area contributed by atoms with Gasteiger partial charge in [-0.25, -0.2) is 0 Å². The maximum Gasteiger partial charge on any atom is 0.151 e. The normalized spacial score (nSPS) is 13.9. The molecule has 0 fully saturated rings. The topological polar surface area (TPSA) is 40.5 Å². The first kappa shape index (κ1) is 10.9. The molecular formula is C9H20O2. The van der Waals surface area contributed by atoms with Crippen LogP contribution in [0.4, 0.5) is 0 Å². The van der Waals surface area contributed by atoms with Crippen LogP contribution < -0.4 is 0 Å². The Morgan fingerprint density at radius 1 is 1.00 bits per heavy atom. The molecule has 0 aliphatic heterocycles. The Morgan fingerprint density at radius 2 is 1.64 bits per heavy atom. The van der Waals surface area contributed by atoms with Gasteiger partial charge in [-0.2, -0.15) is 0 Å². The maximum absolute atomic E-state index is 8.62. The minimum absolute atomic E-state index is 0.526. The summed E-state index contributed by atoms with van der Waals surface area (Å²) in [7, 11) is 0. The Hall–Kier alpha value is -0.0800. The molecule has 0 aliphatic rings. The van der Waals surface area contributed by atoms with Gasteiger partial charge >= 0.3 is 0 Å². The molecule has 0 aliphatic carbocycles. The Kier molecular flexibility index (Phi) is 6.57. The van der Waals surface area contributed by atoms with E-state index < -0.39 is 6.29 Å². The first-order valence-corrected chi connectivity index (χ1v) is 4.56. The van der Waals surface area contributed by atoms with Crippen LogP contribution in [0.25, 0.3) is 0 Å².